The van der Waals surface area contributed by atoms with Crippen LogP contribution in [0.15, 0.2) is 233 Å². The summed E-state index contributed by atoms with van der Waals surface area (Å²) in [6.45, 7) is 0. The molecule has 0 bridgehead atoms. The summed E-state index contributed by atoms with van der Waals surface area (Å²) in [5.41, 5.74) is 15.6. The van der Waals surface area contributed by atoms with Gasteiger partial charge in [0.15, 0.2) is 5.58 Å². The fourth-order valence-corrected chi connectivity index (χ4v) is 9.15. The number of fused-ring (bicyclic) bond motifs is 7. The van der Waals surface area contributed by atoms with Gasteiger partial charge in [-0.3, -0.25) is 0 Å². The van der Waals surface area contributed by atoms with Crippen LogP contribution in [0.25, 0.3) is 99.2 Å². The predicted octanol–water partition coefficient (Wildman–Crippen LogP) is 16.8. The van der Waals surface area contributed by atoms with Gasteiger partial charge in [-0.25, -0.2) is 0 Å². The number of benzene rings is 10. The molecule has 3 heteroatoms. The van der Waals surface area contributed by atoms with Crippen LogP contribution in [-0.4, -0.2) is 0 Å². The van der Waals surface area contributed by atoms with Crippen molar-refractivity contribution >= 4 is 71.7 Å². The van der Waals surface area contributed by atoms with E-state index in [1.54, 1.807) is 0 Å². The van der Waals surface area contributed by atoms with Crippen molar-refractivity contribution in [3.8, 4) is 44.5 Å². The third kappa shape index (κ3) is 5.90. The van der Waals surface area contributed by atoms with Crippen LogP contribution in [0.2, 0.25) is 0 Å². The van der Waals surface area contributed by atoms with Gasteiger partial charge >= 0.3 is 0 Å². The summed E-state index contributed by atoms with van der Waals surface area (Å²) in [6.07, 6.45) is 0. The summed E-state index contributed by atoms with van der Waals surface area (Å²) in [7, 11) is 0. The standard InChI is InChI=1S/C58H37NO2/c1-3-13-40(14-4-1)48-21-11-24-52-53-37-43(31-36-55(53)60-56(48)52)38-27-32-44(33-28-38)59(45-34-29-42(30-35-45)47-20-9-18-39-17-7-8-19-46(39)47)54-26-12-25-51-50-23-10-22-49(57(50)61-58(51)54)41-15-5-2-6-16-41/h1-37H. The Morgan fingerprint density at radius 1 is 0.279 bits per heavy atom. The average molecular weight is 780 g/mol. The molecule has 0 spiro atoms. The Balaban J connectivity index is 0.986. The van der Waals surface area contributed by atoms with E-state index >= 15 is 0 Å². The van der Waals surface area contributed by atoms with Gasteiger partial charge in [-0.15, -0.1) is 0 Å². The van der Waals surface area contributed by atoms with Crippen LogP contribution in [0.5, 0.6) is 0 Å². The first kappa shape index (κ1) is 34.9. The topological polar surface area (TPSA) is 29.5 Å². The molecule has 61 heavy (non-hydrogen) atoms. The van der Waals surface area contributed by atoms with Crippen molar-refractivity contribution in [3.05, 3.63) is 224 Å². The first-order valence-electron chi connectivity index (χ1n) is 20.7. The first-order valence-corrected chi connectivity index (χ1v) is 20.7. The van der Waals surface area contributed by atoms with Gasteiger partial charge in [-0.1, -0.05) is 182 Å². The summed E-state index contributed by atoms with van der Waals surface area (Å²) in [6, 6.07) is 79.7. The number of furan rings is 2. The fraction of sp³-hybridized carbons (Fsp3) is 0. The van der Waals surface area contributed by atoms with Crippen molar-refractivity contribution in [1.82, 2.24) is 0 Å². The van der Waals surface area contributed by atoms with E-state index in [0.29, 0.717) is 0 Å². The van der Waals surface area contributed by atoms with Crippen LogP contribution in [0, 0.1) is 0 Å². The molecule has 0 atom stereocenters. The van der Waals surface area contributed by atoms with Gasteiger partial charge < -0.3 is 13.7 Å². The molecule has 2 heterocycles. The lowest BCUT2D eigenvalue weighted by molar-refractivity contribution is 0.670. The molecular formula is C58H37NO2. The second kappa shape index (κ2) is 14.3. The second-order valence-electron chi connectivity index (χ2n) is 15.6. The number of hydrogen-bond acceptors (Lipinski definition) is 3. The minimum Gasteiger partial charge on any atom is -0.455 e. The Morgan fingerprint density at radius 2 is 0.754 bits per heavy atom. The molecule has 0 aliphatic rings. The van der Waals surface area contributed by atoms with Crippen LogP contribution >= 0.6 is 0 Å². The molecule has 0 amide bonds. The van der Waals surface area contributed by atoms with Gasteiger partial charge in [0.05, 0.1) is 5.69 Å². The highest BCUT2D eigenvalue weighted by Gasteiger charge is 2.21. The van der Waals surface area contributed by atoms with E-state index < -0.39 is 0 Å². The van der Waals surface area contributed by atoms with Crippen molar-refractivity contribution in [1.29, 1.82) is 0 Å². The first-order chi connectivity index (χ1) is 30.2. The number of para-hydroxylation sites is 3. The highest BCUT2D eigenvalue weighted by molar-refractivity contribution is 6.14. The quantitative estimate of drug-likeness (QED) is 0.161. The largest absolute Gasteiger partial charge is 0.455 e. The molecule has 10 aromatic carbocycles. The third-order valence-corrected chi connectivity index (χ3v) is 12.1. The lowest BCUT2D eigenvalue weighted by Gasteiger charge is -2.26. The van der Waals surface area contributed by atoms with Gasteiger partial charge in [0.2, 0.25) is 0 Å². The Hall–Kier alpha value is -8.14. The molecule has 0 unspecified atom stereocenters. The van der Waals surface area contributed by atoms with E-state index in [4.69, 9.17) is 8.83 Å². The van der Waals surface area contributed by atoms with Crippen molar-refractivity contribution in [2.24, 2.45) is 0 Å². The minimum atomic E-state index is 0.843. The minimum absolute atomic E-state index is 0.843. The summed E-state index contributed by atoms with van der Waals surface area (Å²) < 4.78 is 13.5. The third-order valence-electron chi connectivity index (χ3n) is 12.1. The van der Waals surface area contributed by atoms with Crippen LogP contribution in [0.3, 0.4) is 0 Å². The summed E-state index contributed by atoms with van der Waals surface area (Å²) in [4.78, 5) is 2.32. The molecule has 0 saturated heterocycles. The zero-order valence-electron chi connectivity index (χ0n) is 33.1. The SMILES string of the molecule is c1ccc(-c2cccc3c2oc2ccc(-c4ccc(N(c5ccc(-c6cccc7ccccc67)cc5)c5cccc6c5oc5c(-c7ccccc7)cccc56)cc4)cc23)cc1. The smallest absolute Gasteiger partial charge is 0.159 e. The van der Waals surface area contributed by atoms with Crippen LogP contribution in [0.4, 0.5) is 17.1 Å². The monoisotopic (exact) mass is 779 g/mol. The summed E-state index contributed by atoms with van der Waals surface area (Å²) in [5, 5.41) is 6.86. The molecule has 0 aliphatic heterocycles. The van der Waals surface area contributed by atoms with E-state index in [9.17, 15) is 0 Å². The molecule has 0 N–H and O–H groups in total. The molecule has 286 valence electrons. The molecule has 3 nitrogen and oxygen atoms in total. The molecule has 2 aromatic heterocycles. The molecule has 0 saturated carbocycles. The van der Waals surface area contributed by atoms with Gasteiger partial charge in [0.1, 0.15) is 16.7 Å². The number of rotatable bonds is 7. The van der Waals surface area contributed by atoms with E-state index in [1.165, 1.54) is 21.9 Å². The normalized spacial score (nSPS) is 11.6. The van der Waals surface area contributed by atoms with E-state index in [2.05, 4.69) is 223 Å². The van der Waals surface area contributed by atoms with Crippen molar-refractivity contribution in [3.63, 3.8) is 0 Å². The zero-order valence-corrected chi connectivity index (χ0v) is 33.1. The highest BCUT2D eigenvalue weighted by Crippen LogP contribution is 2.45. The Kier molecular flexibility index (Phi) is 8.17. The molecule has 12 aromatic rings. The Morgan fingerprint density at radius 3 is 1.44 bits per heavy atom. The molecule has 12 rings (SSSR count). The van der Waals surface area contributed by atoms with Crippen molar-refractivity contribution in [2.45, 2.75) is 0 Å². The van der Waals surface area contributed by atoms with Crippen LogP contribution in [0.1, 0.15) is 0 Å². The Bertz CT molecular complexity index is 3560. The van der Waals surface area contributed by atoms with Crippen molar-refractivity contribution in [2.75, 3.05) is 4.90 Å². The maximum Gasteiger partial charge on any atom is 0.159 e. The second-order valence-corrected chi connectivity index (χ2v) is 15.6. The van der Waals surface area contributed by atoms with Gasteiger partial charge in [0.25, 0.3) is 0 Å². The molecular weight excluding hydrogens is 743 g/mol. The predicted molar refractivity (Wildman–Crippen MR) is 255 cm³/mol. The Labute approximate surface area is 353 Å². The average Bonchev–Trinajstić information content (AvgIpc) is 3.91. The van der Waals surface area contributed by atoms with E-state index in [0.717, 1.165) is 94.3 Å². The maximum atomic E-state index is 6.98. The lowest BCUT2D eigenvalue weighted by Crippen LogP contribution is -2.10. The summed E-state index contributed by atoms with van der Waals surface area (Å²) in [5.74, 6) is 0. The number of hydrogen-bond donors (Lipinski definition) is 0. The molecule has 0 aliphatic carbocycles. The van der Waals surface area contributed by atoms with Crippen molar-refractivity contribution < 1.29 is 8.83 Å². The van der Waals surface area contributed by atoms with Gasteiger partial charge in [-0.05, 0) is 86.6 Å². The highest BCUT2D eigenvalue weighted by atomic mass is 16.3. The van der Waals surface area contributed by atoms with Crippen LogP contribution in [-0.2, 0) is 0 Å². The maximum absolute atomic E-state index is 6.98. The fourth-order valence-electron chi connectivity index (χ4n) is 9.15. The molecule has 0 fully saturated rings. The number of anilines is 3. The van der Waals surface area contributed by atoms with E-state index in [-0.39, 0.29) is 0 Å². The molecule has 0 radical (unpaired) electrons. The van der Waals surface area contributed by atoms with E-state index in [1.807, 2.05) is 6.07 Å². The van der Waals surface area contributed by atoms with Gasteiger partial charge in [0, 0.05) is 44.0 Å². The van der Waals surface area contributed by atoms with Crippen LogP contribution < -0.4 is 4.90 Å². The summed E-state index contributed by atoms with van der Waals surface area (Å²) >= 11 is 0. The zero-order chi connectivity index (χ0) is 40.3. The lowest BCUT2D eigenvalue weighted by atomic mass is 9.98. The number of nitrogens with zero attached hydrogens (tertiary/aromatic N) is 1. The van der Waals surface area contributed by atoms with Gasteiger partial charge in [-0.2, -0.15) is 0 Å².